The Labute approximate surface area is 123 Å². The van der Waals surface area contributed by atoms with Crippen LogP contribution < -0.4 is 4.74 Å². The Morgan fingerprint density at radius 1 is 1.10 bits per heavy atom. The molecule has 0 saturated carbocycles. The molecule has 20 heavy (non-hydrogen) atoms. The third-order valence-corrected chi connectivity index (χ3v) is 3.03. The summed E-state index contributed by atoms with van der Waals surface area (Å²) >= 11 is 11.6. The largest absolute Gasteiger partial charge is 0.484 e. The predicted octanol–water partition coefficient (Wildman–Crippen LogP) is 4.53. The maximum atomic E-state index is 13.4. The zero-order valence-electron chi connectivity index (χ0n) is 10.00. The van der Waals surface area contributed by atoms with Gasteiger partial charge in [-0.05, 0) is 24.3 Å². The molecule has 0 spiro atoms. The first-order valence-corrected chi connectivity index (χ1v) is 6.29. The van der Waals surface area contributed by atoms with Gasteiger partial charge in [-0.25, -0.2) is 8.78 Å². The van der Waals surface area contributed by atoms with Crippen molar-refractivity contribution in [3.63, 3.8) is 0 Å². The van der Waals surface area contributed by atoms with Crippen molar-refractivity contribution in [1.82, 2.24) is 0 Å². The molecule has 2 aromatic rings. The van der Waals surface area contributed by atoms with E-state index in [9.17, 15) is 13.6 Å². The zero-order valence-corrected chi connectivity index (χ0v) is 11.5. The van der Waals surface area contributed by atoms with Gasteiger partial charge in [0.1, 0.15) is 17.4 Å². The molecule has 0 bridgehead atoms. The SMILES string of the molecule is O=C(COc1cc(Cl)ccc1Cl)c1ccc(F)cc1F. The Balaban J connectivity index is 2.10. The zero-order chi connectivity index (χ0) is 14.7. The van der Waals surface area contributed by atoms with Crippen LogP contribution in [0.2, 0.25) is 10.0 Å². The number of ether oxygens (including phenoxy) is 1. The number of ketones is 1. The van der Waals surface area contributed by atoms with E-state index in [0.29, 0.717) is 11.1 Å². The highest BCUT2D eigenvalue weighted by molar-refractivity contribution is 6.34. The summed E-state index contributed by atoms with van der Waals surface area (Å²) in [6.07, 6.45) is 0. The summed E-state index contributed by atoms with van der Waals surface area (Å²) in [4.78, 5) is 11.8. The van der Waals surface area contributed by atoms with Gasteiger partial charge in [0.05, 0.1) is 10.6 Å². The maximum Gasteiger partial charge on any atom is 0.203 e. The van der Waals surface area contributed by atoms with Crippen LogP contribution in [-0.2, 0) is 0 Å². The van der Waals surface area contributed by atoms with E-state index in [4.69, 9.17) is 27.9 Å². The molecule has 0 unspecified atom stereocenters. The van der Waals surface area contributed by atoms with Crippen molar-refractivity contribution in [1.29, 1.82) is 0 Å². The minimum atomic E-state index is -0.934. The normalized spacial score (nSPS) is 10.4. The summed E-state index contributed by atoms with van der Waals surface area (Å²) in [5.74, 6) is -2.10. The van der Waals surface area contributed by atoms with Crippen molar-refractivity contribution < 1.29 is 18.3 Å². The molecule has 2 aromatic carbocycles. The number of benzene rings is 2. The van der Waals surface area contributed by atoms with Gasteiger partial charge in [-0.1, -0.05) is 23.2 Å². The average Bonchev–Trinajstić information content (AvgIpc) is 2.39. The van der Waals surface area contributed by atoms with Crippen LogP contribution in [0.25, 0.3) is 0 Å². The Bertz CT molecular complexity index is 660. The lowest BCUT2D eigenvalue weighted by Crippen LogP contribution is -2.13. The number of carbonyl (C=O) groups is 1. The van der Waals surface area contributed by atoms with Crippen molar-refractivity contribution in [3.05, 3.63) is 63.6 Å². The van der Waals surface area contributed by atoms with Crippen LogP contribution in [0.5, 0.6) is 5.75 Å². The molecule has 0 radical (unpaired) electrons. The first-order valence-electron chi connectivity index (χ1n) is 5.53. The van der Waals surface area contributed by atoms with Gasteiger partial charge in [-0.2, -0.15) is 0 Å². The predicted molar refractivity (Wildman–Crippen MR) is 72.6 cm³/mol. The molecule has 0 saturated heterocycles. The summed E-state index contributed by atoms with van der Waals surface area (Å²) < 4.78 is 31.3. The lowest BCUT2D eigenvalue weighted by atomic mass is 10.1. The molecule has 2 rings (SSSR count). The van der Waals surface area contributed by atoms with Crippen LogP contribution >= 0.6 is 23.2 Å². The van der Waals surface area contributed by atoms with E-state index in [1.807, 2.05) is 0 Å². The molecule has 0 aliphatic rings. The van der Waals surface area contributed by atoms with E-state index in [-0.39, 0.29) is 16.3 Å². The highest BCUT2D eigenvalue weighted by atomic mass is 35.5. The first-order chi connectivity index (χ1) is 9.47. The number of hydrogen-bond donors (Lipinski definition) is 0. The van der Waals surface area contributed by atoms with Crippen molar-refractivity contribution in [3.8, 4) is 5.75 Å². The van der Waals surface area contributed by atoms with Gasteiger partial charge in [0.2, 0.25) is 5.78 Å². The van der Waals surface area contributed by atoms with E-state index in [1.54, 1.807) is 6.07 Å². The lowest BCUT2D eigenvalue weighted by Gasteiger charge is -2.08. The fourth-order valence-electron chi connectivity index (χ4n) is 1.52. The average molecular weight is 317 g/mol. The van der Waals surface area contributed by atoms with Gasteiger partial charge in [0, 0.05) is 17.2 Å². The third-order valence-electron chi connectivity index (χ3n) is 2.48. The Kier molecular flexibility index (Phi) is 4.57. The van der Waals surface area contributed by atoms with Crippen LogP contribution in [0.15, 0.2) is 36.4 Å². The smallest absolute Gasteiger partial charge is 0.203 e. The van der Waals surface area contributed by atoms with E-state index in [1.165, 1.54) is 12.1 Å². The molecule has 0 heterocycles. The van der Waals surface area contributed by atoms with Gasteiger partial charge >= 0.3 is 0 Å². The Morgan fingerprint density at radius 3 is 2.55 bits per heavy atom. The summed E-state index contributed by atoms with van der Waals surface area (Å²) in [6.45, 7) is -0.428. The second-order valence-corrected chi connectivity index (χ2v) is 4.75. The van der Waals surface area contributed by atoms with Gasteiger partial charge in [0.15, 0.2) is 6.61 Å². The van der Waals surface area contributed by atoms with Crippen molar-refractivity contribution in [2.24, 2.45) is 0 Å². The molecule has 0 fully saturated rings. The van der Waals surface area contributed by atoms with Crippen molar-refractivity contribution in [2.75, 3.05) is 6.61 Å². The standard InChI is InChI=1S/C14H8Cl2F2O2/c15-8-1-4-11(16)14(5-8)20-7-13(19)10-3-2-9(17)6-12(10)18/h1-6H,7H2. The summed E-state index contributed by atoms with van der Waals surface area (Å²) in [7, 11) is 0. The van der Waals surface area contributed by atoms with E-state index < -0.39 is 24.0 Å². The van der Waals surface area contributed by atoms with Crippen molar-refractivity contribution >= 4 is 29.0 Å². The van der Waals surface area contributed by atoms with Crippen LogP contribution in [0, 0.1) is 11.6 Å². The molecular formula is C14H8Cl2F2O2. The van der Waals surface area contributed by atoms with Gasteiger partial charge in [-0.3, -0.25) is 4.79 Å². The Morgan fingerprint density at radius 2 is 1.85 bits per heavy atom. The van der Waals surface area contributed by atoms with Crippen LogP contribution in [0.3, 0.4) is 0 Å². The minimum absolute atomic E-state index is 0.218. The quantitative estimate of drug-likeness (QED) is 0.774. The highest BCUT2D eigenvalue weighted by Crippen LogP contribution is 2.27. The monoisotopic (exact) mass is 316 g/mol. The second kappa shape index (κ2) is 6.20. The topological polar surface area (TPSA) is 26.3 Å². The molecule has 0 aliphatic carbocycles. The van der Waals surface area contributed by atoms with Crippen LogP contribution in [-0.4, -0.2) is 12.4 Å². The van der Waals surface area contributed by atoms with E-state index in [2.05, 4.69) is 0 Å². The lowest BCUT2D eigenvalue weighted by molar-refractivity contribution is 0.0917. The van der Waals surface area contributed by atoms with Crippen molar-refractivity contribution in [2.45, 2.75) is 0 Å². The molecule has 0 amide bonds. The molecule has 0 aromatic heterocycles. The third kappa shape index (κ3) is 3.46. The molecule has 2 nitrogen and oxygen atoms in total. The minimum Gasteiger partial charge on any atom is -0.484 e. The summed E-state index contributed by atoms with van der Waals surface area (Å²) in [5.41, 5.74) is -0.246. The Hall–Kier alpha value is -1.65. The molecule has 6 heteroatoms. The fourth-order valence-corrected chi connectivity index (χ4v) is 1.86. The summed E-state index contributed by atoms with van der Waals surface area (Å²) in [6, 6.07) is 7.23. The molecule has 104 valence electrons. The highest BCUT2D eigenvalue weighted by Gasteiger charge is 2.14. The van der Waals surface area contributed by atoms with Gasteiger partial charge < -0.3 is 4.74 Å². The second-order valence-electron chi connectivity index (χ2n) is 3.91. The molecule has 0 aliphatic heterocycles. The first kappa shape index (κ1) is 14.8. The number of halogens is 4. The maximum absolute atomic E-state index is 13.4. The van der Waals surface area contributed by atoms with Crippen LogP contribution in [0.1, 0.15) is 10.4 Å². The number of Topliss-reactive ketones (excluding diaryl/α,β-unsaturated/α-hetero) is 1. The van der Waals surface area contributed by atoms with E-state index >= 15 is 0 Å². The molecule has 0 N–H and O–H groups in total. The fraction of sp³-hybridized carbons (Fsp3) is 0.0714. The number of carbonyl (C=O) groups excluding carboxylic acids is 1. The van der Waals surface area contributed by atoms with Gasteiger partial charge in [-0.15, -0.1) is 0 Å². The summed E-state index contributed by atoms with van der Waals surface area (Å²) in [5, 5.41) is 0.673. The van der Waals surface area contributed by atoms with Crippen LogP contribution in [0.4, 0.5) is 8.78 Å². The number of rotatable bonds is 4. The molecule has 0 atom stereocenters. The molecular weight excluding hydrogens is 309 g/mol. The van der Waals surface area contributed by atoms with E-state index in [0.717, 1.165) is 12.1 Å². The van der Waals surface area contributed by atoms with Gasteiger partial charge in [0.25, 0.3) is 0 Å². The number of hydrogen-bond acceptors (Lipinski definition) is 2.